The lowest BCUT2D eigenvalue weighted by atomic mass is 9.96. The van der Waals surface area contributed by atoms with Gasteiger partial charge in [-0.15, -0.1) is 0 Å². The van der Waals surface area contributed by atoms with Crippen LogP contribution in [-0.4, -0.2) is 44.6 Å². The maximum atomic E-state index is 6.16. The van der Waals surface area contributed by atoms with Crippen molar-refractivity contribution in [1.29, 1.82) is 0 Å². The Labute approximate surface area is 271 Å². The van der Waals surface area contributed by atoms with E-state index in [1.54, 1.807) is 21.6 Å². The van der Waals surface area contributed by atoms with E-state index in [1.165, 1.54) is 103 Å². The predicted molar refractivity (Wildman–Crippen MR) is 197 cm³/mol. The summed E-state index contributed by atoms with van der Waals surface area (Å²) in [4.78, 5) is 5.14. The molecule has 4 atom stereocenters. The van der Waals surface area contributed by atoms with E-state index in [1.807, 2.05) is 0 Å². The van der Waals surface area contributed by atoms with Gasteiger partial charge in [0, 0.05) is 26.2 Å². The third-order valence-corrected chi connectivity index (χ3v) is 12.5. The molecule has 0 aliphatic heterocycles. The third kappa shape index (κ3) is 18.9. The van der Waals surface area contributed by atoms with Gasteiger partial charge < -0.3 is 9.80 Å². The van der Waals surface area contributed by atoms with E-state index in [9.17, 15) is 0 Å². The molecule has 40 heavy (non-hydrogen) atoms. The minimum Gasteiger partial charge on any atom is -0.356 e. The number of hydrogen-bond acceptors (Lipinski definition) is 4. The zero-order chi connectivity index (χ0) is 30.2. The maximum Gasteiger partial charge on any atom is 0.147 e. The van der Waals surface area contributed by atoms with E-state index < -0.39 is 0 Å². The van der Waals surface area contributed by atoms with E-state index >= 15 is 0 Å². The van der Waals surface area contributed by atoms with Gasteiger partial charge in [0.2, 0.25) is 0 Å². The zero-order valence-corrected chi connectivity index (χ0v) is 31.2. The summed E-state index contributed by atoms with van der Waals surface area (Å²) >= 11 is 12.3. The number of rotatable bonds is 24. The lowest BCUT2D eigenvalue weighted by molar-refractivity contribution is 0.269. The van der Waals surface area contributed by atoms with Crippen LogP contribution < -0.4 is 0 Å². The number of thiocarbonyl (C=S) groups is 2. The molecule has 0 unspecified atom stereocenters. The number of hydrogen-bond donors (Lipinski definition) is 0. The summed E-state index contributed by atoms with van der Waals surface area (Å²) in [5.41, 5.74) is 0. The molecule has 0 aromatic rings. The second-order valence-electron chi connectivity index (χ2n) is 12.2. The molecule has 0 heterocycles. The highest BCUT2D eigenvalue weighted by atomic mass is 33.1. The summed E-state index contributed by atoms with van der Waals surface area (Å²) in [6, 6.07) is 0. The van der Waals surface area contributed by atoms with E-state index in [0.717, 1.165) is 58.5 Å². The standard InChI is InChI=1S/C34H68N2S4/c1-9-17-21-29(13-5)25-35(26-30(14-6)22-18-10-2)33(37)39-40-34(38)36(27-31(15-7)23-19-11-3)28-32(16-8)24-20-12-4/h29-32H,9-28H2,1-8H3/t29-,30-,31-,32+/m0/s1. The maximum absolute atomic E-state index is 6.16. The molecule has 0 rings (SSSR count). The minimum absolute atomic E-state index is 0.725. The smallest absolute Gasteiger partial charge is 0.147 e. The zero-order valence-electron chi connectivity index (χ0n) is 28.0. The molecule has 0 N–H and O–H groups in total. The van der Waals surface area contributed by atoms with Gasteiger partial charge in [-0.05, 0) is 70.9 Å². The predicted octanol–water partition coefficient (Wildman–Crippen LogP) is 12.4. The first kappa shape index (κ1) is 40.5. The average Bonchev–Trinajstić information content (AvgIpc) is 2.97. The van der Waals surface area contributed by atoms with Gasteiger partial charge in [-0.25, -0.2) is 0 Å². The van der Waals surface area contributed by atoms with Gasteiger partial charge in [0.15, 0.2) is 0 Å². The van der Waals surface area contributed by atoms with Crippen molar-refractivity contribution >= 4 is 54.7 Å². The normalized spacial score (nSPS) is 14.5. The molecule has 0 spiro atoms. The lowest BCUT2D eigenvalue weighted by Crippen LogP contribution is -2.38. The van der Waals surface area contributed by atoms with Gasteiger partial charge in [0.05, 0.1) is 0 Å². The fourth-order valence-electron chi connectivity index (χ4n) is 5.54. The highest BCUT2D eigenvalue weighted by Crippen LogP contribution is 2.32. The molecule has 0 saturated heterocycles. The van der Waals surface area contributed by atoms with Crippen LogP contribution in [0.15, 0.2) is 0 Å². The van der Waals surface area contributed by atoms with Gasteiger partial charge in [-0.1, -0.05) is 157 Å². The van der Waals surface area contributed by atoms with Crippen molar-refractivity contribution in [2.24, 2.45) is 23.7 Å². The molecule has 6 heteroatoms. The van der Waals surface area contributed by atoms with Crippen LogP contribution in [0.5, 0.6) is 0 Å². The van der Waals surface area contributed by atoms with Crippen LogP contribution in [0.1, 0.15) is 158 Å². The van der Waals surface area contributed by atoms with Gasteiger partial charge in [0.1, 0.15) is 8.64 Å². The van der Waals surface area contributed by atoms with Crippen LogP contribution >= 0.6 is 46.0 Å². The molecule has 0 bridgehead atoms. The Morgan fingerprint density at radius 1 is 0.450 bits per heavy atom. The van der Waals surface area contributed by atoms with Crippen LogP contribution in [0.4, 0.5) is 0 Å². The molecule has 0 aromatic carbocycles. The number of unbranched alkanes of at least 4 members (excludes halogenated alkanes) is 4. The molecular formula is C34H68N2S4. The number of nitrogens with zero attached hydrogens (tertiary/aromatic N) is 2. The molecule has 0 aliphatic carbocycles. The summed E-state index contributed by atoms with van der Waals surface area (Å²) in [5.74, 6) is 2.90. The fraction of sp³-hybridized carbons (Fsp3) is 0.941. The monoisotopic (exact) mass is 632 g/mol. The van der Waals surface area contributed by atoms with Crippen molar-refractivity contribution in [2.45, 2.75) is 158 Å². The van der Waals surface area contributed by atoms with Crippen LogP contribution in [0.3, 0.4) is 0 Å². The highest BCUT2D eigenvalue weighted by molar-refractivity contribution is 8.89. The van der Waals surface area contributed by atoms with Crippen LogP contribution in [0, 0.1) is 23.7 Å². The van der Waals surface area contributed by atoms with E-state index in [-0.39, 0.29) is 0 Å². The van der Waals surface area contributed by atoms with Crippen LogP contribution in [0.2, 0.25) is 0 Å². The SMILES string of the molecule is CCCC[C@@H](CC)CN(C[C@@H](CC)CCCC)C(=S)SSC(=S)N(C[C@@H](CC)CCCC)C[C@@H](CC)CCCC. The summed E-state index contributed by atoms with van der Waals surface area (Å²) < 4.78 is 2.10. The van der Waals surface area contributed by atoms with E-state index in [2.05, 4.69) is 65.2 Å². The molecule has 0 aromatic heterocycles. The largest absolute Gasteiger partial charge is 0.356 e. The summed E-state index contributed by atoms with van der Waals surface area (Å²) in [6.45, 7) is 23.1. The Morgan fingerprint density at radius 3 is 0.850 bits per heavy atom. The molecule has 0 aliphatic rings. The van der Waals surface area contributed by atoms with Gasteiger partial charge in [0.25, 0.3) is 0 Å². The fourth-order valence-corrected chi connectivity index (χ4v) is 8.16. The van der Waals surface area contributed by atoms with Crippen molar-refractivity contribution in [1.82, 2.24) is 9.80 Å². The molecular weight excluding hydrogens is 565 g/mol. The van der Waals surface area contributed by atoms with Crippen LogP contribution in [0.25, 0.3) is 0 Å². The Kier molecular flexibility index (Phi) is 27.4. The van der Waals surface area contributed by atoms with Gasteiger partial charge >= 0.3 is 0 Å². The summed E-state index contributed by atoms with van der Waals surface area (Å²) in [6.07, 6.45) is 20.6. The molecule has 0 saturated carbocycles. The first-order chi connectivity index (χ1) is 19.3. The Bertz CT molecular complexity index is 527. The van der Waals surface area contributed by atoms with E-state index in [4.69, 9.17) is 24.4 Å². The van der Waals surface area contributed by atoms with Crippen molar-refractivity contribution < 1.29 is 0 Å². The lowest BCUT2D eigenvalue weighted by Gasteiger charge is -2.34. The van der Waals surface area contributed by atoms with Crippen molar-refractivity contribution in [3.63, 3.8) is 0 Å². The van der Waals surface area contributed by atoms with Crippen LogP contribution in [-0.2, 0) is 0 Å². The molecule has 0 amide bonds. The quantitative estimate of drug-likeness (QED) is 0.0766. The highest BCUT2D eigenvalue weighted by Gasteiger charge is 2.23. The minimum atomic E-state index is 0.725. The van der Waals surface area contributed by atoms with Crippen molar-refractivity contribution in [2.75, 3.05) is 26.2 Å². The van der Waals surface area contributed by atoms with Crippen molar-refractivity contribution in [3.8, 4) is 0 Å². The van der Waals surface area contributed by atoms with Gasteiger partial charge in [-0.2, -0.15) is 0 Å². The second-order valence-corrected chi connectivity index (χ2v) is 15.6. The molecule has 238 valence electrons. The molecule has 0 radical (unpaired) electrons. The average molecular weight is 633 g/mol. The first-order valence-electron chi connectivity index (χ1n) is 17.3. The molecule has 2 nitrogen and oxygen atoms in total. The van der Waals surface area contributed by atoms with Crippen molar-refractivity contribution in [3.05, 3.63) is 0 Å². The first-order valence-corrected chi connectivity index (χ1v) is 20.2. The van der Waals surface area contributed by atoms with E-state index in [0.29, 0.717) is 0 Å². The summed E-state index contributed by atoms with van der Waals surface area (Å²) in [5, 5.41) is 0. The summed E-state index contributed by atoms with van der Waals surface area (Å²) in [7, 11) is 3.54. The Morgan fingerprint density at radius 2 is 0.675 bits per heavy atom. The van der Waals surface area contributed by atoms with Gasteiger partial charge in [-0.3, -0.25) is 0 Å². The second kappa shape index (κ2) is 27.1. The topological polar surface area (TPSA) is 6.48 Å². The Hall–Kier alpha value is 0.480. The Balaban J connectivity index is 5.59. The third-order valence-electron chi connectivity index (χ3n) is 8.79. The molecule has 0 fully saturated rings.